The topological polar surface area (TPSA) is 59.1 Å². The molecule has 0 aliphatic carbocycles. The Bertz CT molecular complexity index is 569. The van der Waals surface area contributed by atoms with E-state index in [-0.39, 0.29) is 5.75 Å². The van der Waals surface area contributed by atoms with Crippen molar-refractivity contribution in [2.24, 2.45) is 0 Å². The van der Waals surface area contributed by atoms with Gasteiger partial charge in [0.25, 0.3) is 0 Å². The van der Waals surface area contributed by atoms with Crippen LogP contribution in [0.1, 0.15) is 6.42 Å². The van der Waals surface area contributed by atoms with E-state index in [1.807, 2.05) is 24.3 Å². The zero-order valence-corrected chi connectivity index (χ0v) is 14.0. The van der Waals surface area contributed by atoms with E-state index in [2.05, 4.69) is 4.90 Å². The molecule has 0 atom stereocenters. The lowest BCUT2D eigenvalue weighted by Gasteiger charge is -2.35. The van der Waals surface area contributed by atoms with Gasteiger partial charge in [-0.3, -0.25) is 0 Å². The van der Waals surface area contributed by atoms with Gasteiger partial charge in [0.2, 0.25) is 10.0 Å². The molecule has 6 nitrogen and oxygen atoms in total. The van der Waals surface area contributed by atoms with Crippen LogP contribution in [0, 0.1) is 0 Å². The maximum Gasteiger partial charge on any atom is 0.214 e. The van der Waals surface area contributed by atoms with Gasteiger partial charge in [0.15, 0.2) is 0 Å². The lowest BCUT2D eigenvalue weighted by Crippen LogP contribution is -2.49. The Morgan fingerprint density at radius 1 is 1.09 bits per heavy atom. The van der Waals surface area contributed by atoms with E-state index in [9.17, 15) is 8.42 Å². The van der Waals surface area contributed by atoms with Crippen molar-refractivity contribution in [2.75, 3.05) is 57.7 Å². The van der Waals surface area contributed by atoms with Crippen molar-refractivity contribution in [1.29, 1.82) is 0 Å². The molecule has 0 bridgehead atoms. The number of rotatable bonds is 7. The Hall–Kier alpha value is -1.31. The van der Waals surface area contributed by atoms with Crippen molar-refractivity contribution in [3.8, 4) is 5.75 Å². The van der Waals surface area contributed by atoms with Crippen LogP contribution in [-0.4, -0.2) is 65.5 Å². The van der Waals surface area contributed by atoms with Gasteiger partial charge in [0, 0.05) is 39.9 Å². The fourth-order valence-corrected chi connectivity index (χ4v) is 4.07. The molecule has 1 fully saturated rings. The van der Waals surface area contributed by atoms with E-state index in [0.717, 1.165) is 11.4 Å². The van der Waals surface area contributed by atoms with Crippen LogP contribution in [-0.2, 0) is 14.8 Å². The van der Waals surface area contributed by atoms with Crippen LogP contribution in [0.25, 0.3) is 0 Å². The number of benzene rings is 1. The van der Waals surface area contributed by atoms with Gasteiger partial charge in [0.05, 0.1) is 18.6 Å². The first-order valence-corrected chi connectivity index (χ1v) is 9.04. The van der Waals surface area contributed by atoms with Crippen LogP contribution < -0.4 is 9.64 Å². The normalized spacial score (nSPS) is 16.7. The van der Waals surface area contributed by atoms with Gasteiger partial charge < -0.3 is 14.4 Å². The Morgan fingerprint density at radius 3 is 2.41 bits per heavy atom. The molecule has 1 saturated heterocycles. The summed E-state index contributed by atoms with van der Waals surface area (Å²) in [6.07, 6.45) is 0.533. The zero-order chi connectivity index (χ0) is 16.0. The molecule has 0 amide bonds. The summed E-state index contributed by atoms with van der Waals surface area (Å²) in [4.78, 5) is 2.17. The third-order valence-corrected chi connectivity index (χ3v) is 5.77. The predicted octanol–water partition coefficient (Wildman–Crippen LogP) is 1.18. The molecular formula is C15H24N2O4S. The van der Waals surface area contributed by atoms with Crippen LogP contribution in [0.2, 0.25) is 0 Å². The second-order valence-corrected chi connectivity index (χ2v) is 7.31. The molecular weight excluding hydrogens is 304 g/mol. The third-order valence-electron chi connectivity index (χ3n) is 3.81. The molecule has 1 aromatic rings. The van der Waals surface area contributed by atoms with E-state index < -0.39 is 10.0 Å². The summed E-state index contributed by atoms with van der Waals surface area (Å²) in [5, 5.41) is 0. The average molecular weight is 328 g/mol. The van der Waals surface area contributed by atoms with Crippen LogP contribution in [0.4, 0.5) is 5.69 Å². The molecule has 0 unspecified atom stereocenters. The van der Waals surface area contributed by atoms with Gasteiger partial charge in [0.1, 0.15) is 5.75 Å². The zero-order valence-electron chi connectivity index (χ0n) is 13.2. The fraction of sp³-hybridized carbons (Fsp3) is 0.600. The number of ether oxygens (including phenoxy) is 2. The van der Waals surface area contributed by atoms with Gasteiger partial charge in [-0.25, -0.2) is 8.42 Å². The summed E-state index contributed by atoms with van der Waals surface area (Å²) in [5.74, 6) is 0.967. The number of anilines is 1. The Balaban J connectivity index is 1.95. The Labute approximate surface area is 132 Å². The first-order chi connectivity index (χ1) is 10.6. The number of hydrogen-bond donors (Lipinski definition) is 0. The van der Waals surface area contributed by atoms with Crippen molar-refractivity contribution in [3.05, 3.63) is 24.3 Å². The highest BCUT2D eigenvalue weighted by molar-refractivity contribution is 7.89. The minimum atomic E-state index is -3.18. The largest absolute Gasteiger partial charge is 0.495 e. The lowest BCUT2D eigenvalue weighted by atomic mass is 10.2. The molecule has 1 aliphatic rings. The van der Waals surface area contributed by atoms with Gasteiger partial charge in [-0.05, 0) is 18.6 Å². The minimum absolute atomic E-state index is 0.148. The second-order valence-electron chi connectivity index (χ2n) is 5.22. The molecule has 1 aliphatic heterocycles. The number of methoxy groups -OCH3 is 2. The fourth-order valence-electron chi connectivity index (χ4n) is 2.61. The lowest BCUT2D eigenvalue weighted by molar-refractivity contribution is 0.199. The molecule has 22 heavy (non-hydrogen) atoms. The molecule has 0 N–H and O–H groups in total. The number of sulfonamides is 1. The maximum atomic E-state index is 12.3. The van der Waals surface area contributed by atoms with Crippen molar-refractivity contribution in [3.63, 3.8) is 0 Å². The van der Waals surface area contributed by atoms with Gasteiger partial charge in [-0.15, -0.1) is 0 Å². The minimum Gasteiger partial charge on any atom is -0.495 e. The highest BCUT2D eigenvalue weighted by atomic mass is 32.2. The summed E-state index contributed by atoms with van der Waals surface area (Å²) in [6.45, 7) is 2.83. The number of para-hydroxylation sites is 2. The molecule has 0 radical (unpaired) electrons. The molecule has 124 valence electrons. The summed E-state index contributed by atoms with van der Waals surface area (Å²) in [7, 11) is 0.0487. The number of piperazine rings is 1. The molecule has 1 heterocycles. The highest BCUT2D eigenvalue weighted by Gasteiger charge is 2.27. The van der Waals surface area contributed by atoms with Crippen molar-refractivity contribution >= 4 is 15.7 Å². The number of nitrogens with zero attached hydrogens (tertiary/aromatic N) is 2. The van der Waals surface area contributed by atoms with Crippen molar-refractivity contribution in [1.82, 2.24) is 4.31 Å². The SMILES string of the molecule is COCCCS(=O)(=O)N1CCN(c2ccccc2OC)CC1. The van der Waals surface area contributed by atoms with Crippen LogP contribution in [0.15, 0.2) is 24.3 Å². The van der Waals surface area contributed by atoms with Crippen LogP contribution in [0.3, 0.4) is 0 Å². The molecule has 0 saturated carbocycles. The van der Waals surface area contributed by atoms with E-state index in [4.69, 9.17) is 9.47 Å². The molecule has 0 aromatic heterocycles. The van der Waals surface area contributed by atoms with Crippen molar-refractivity contribution < 1.29 is 17.9 Å². The van der Waals surface area contributed by atoms with E-state index in [1.165, 1.54) is 0 Å². The third kappa shape index (κ3) is 4.12. The van der Waals surface area contributed by atoms with E-state index in [1.54, 1.807) is 18.5 Å². The monoisotopic (exact) mass is 328 g/mol. The summed E-state index contributed by atoms with van der Waals surface area (Å²) in [5.41, 5.74) is 1.02. The second kappa shape index (κ2) is 7.80. The van der Waals surface area contributed by atoms with E-state index >= 15 is 0 Å². The standard InChI is InChI=1S/C15H24N2O4S/c1-20-12-5-13-22(18,19)17-10-8-16(9-11-17)14-6-3-4-7-15(14)21-2/h3-4,6-7H,5,8-13H2,1-2H3. The average Bonchev–Trinajstić information content (AvgIpc) is 2.55. The smallest absolute Gasteiger partial charge is 0.214 e. The quantitative estimate of drug-likeness (QED) is 0.704. The first-order valence-electron chi connectivity index (χ1n) is 7.43. The molecule has 7 heteroatoms. The van der Waals surface area contributed by atoms with Gasteiger partial charge in [-0.2, -0.15) is 4.31 Å². The maximum absolute atomic E-state index is 12.3. The van der Waals surface area contributed by atoms with Gasteiger partial charge >= 0.3 is 0 Å². The summed E-state index contributed by atoms with van der Waals surface area (Å²) in [6, 6.07) is 7.81. The molecule has 2 rings (SSSR count). The van der Waals surface area contributed by atoms with Gasteiger partial charge in [-0.1, -0.05) is 12.1 Å². The highest BCUT2D eigenvalue weighted by Crippen LogP contribution is 2.28. The number of hydrogen-bond acceptors (Lipinski definition) is 5. The Morgan fingerprint density at radius 2 is 1.77 bits per heavy atom. The summed E-state index contributed by atoms with van der Waals surface area (Å²) < 4.78 is 36.4. The molecule has 0 spiro atoms. The van der Waals surface area contributed by atoms with Crippen molar-refractivity contribution in [2.45, 2.75) is 6.42 Å². The first kappa shape index (κ1) is 17.1. The summed E-state index contributed by atoms with van der Waals surface area (Å²) >= 11 is 0. The Kier molecular flexibility index (Phi) is 6.05. The van der Waals surface area contributed by atoms with E-state index in [0.29, 0.717) is 39.2 Å². The predicted molar refractivity (Wildman–Crippen MR) is 87.1 cm³/mol. The van der Waals surface area contributed by atoms with Crippen LogP contribution in [0.5, 0.6) is 5.75 Å². The van der Waals surface area contributed by atoms with Crippen LogP contribution >= 0.6 is 0 Å². The molecule has 1 aromatic carbocycles.